The highest BCUT2D eigenvalue weighted by Gasteiger charge is 2.78. The van der Waals surface area contributed by atoms with Gasteiger partial charge in [-0.2, -0.15) is 5.26 Å². The summed E-state index contributed by atoms with van der Waals surface area (Å²) in [6, 6.07) is 9.65. The van der Waals surface area contributed by atoms with Crippen molar-refractivity contribution in [2.75, 3.05) is 13.2 Å². The van der Waals surface area contributed by atoms with Gasteiger partial charge in [0.15, 0.2) is 0 Å². The van der Waals surface area contributed by atoms with Gasteiger partial charge in [-0.15, -0.1) is 0 Å². The van der Waals surface area contributed by atoms with Crippen LogP contribution in [0.4, 0.5) is 0 Å². The molecule has 2 aromatic rings. The number of nitriles is 1. The molecule has 0 saturated heterocycles. The Morgan fingerprint density at radius 2 is 2.08 bits per heavy atom. The van der Waals surface area contributed by atoms with E-state index in [0.29, 0.717) is 23.1 Å². The Hall–Kier alpha value is -2.61. The largest absolute Gasteiger partial charge is 0.488 e. The average Bonchev–Trinajstić information content (AvgIpc) is 3.08. The lowest BCUT2D eigenvalue weighted by molar-refractivity contribution is -0.151. The van der Waals surface area contributed by atoms with E-state index in [1.807, 2.05) is 24.3 Å². The Kier molecular flexibility index (Phi) is 3.05. The third-order valence-corrected chi connectivity index (χ3v) is 6.29. The number of para-hydroxylation sites is 1. The Labute approximate surface area is 145 Å². The van der Waals surface area contributed by atoms with Gasteiger partial charge in [0.2, 0.25) is 0 Å². The summed E-state index contributed by atoms with van der Waals surface area (Å²) in [4.78, 5) is 16.7. The molecule has 1 aromatic carbocycles. The normalized spacial score (nSPS) is 30.9. The lowest BCUT2D eigenvalue weighted by Crippen LogP contribution is -2.22. The molecule has 126 valence electrons. The van der Waals surface area contributed by atoms with Gasteiger partial charge >= 0.3 is 5.97 Å². The first kappa shape index (κ1) is 14.7. The summed E-state index contributed by atoms with van der Waals surface area (Å²) < 4.78 is 11.3. The van der Waals surface area contributed by atoms with Crippen molar-refractivity contribution in [3.8, 4) is 11.8 Å². The Balaban J connectivity index is 1.24. The van der Waals surface area contributed by atoms with Crippen LogP contribution in [0.15, 0.2) is 30.5 Å². The molecule has 0 aliphatic heterocycles. The number of benzene rings is 1. The van der Waals surface area contributed by atoms with E-state index >= 15 is 0 Å². The van der Waals surface area contributed by atoms with Crippen LogP contribution < -0.4 is 4.74 Å². The molecule has 2 unspecified atom stereocenters. The van der Waals surface area contributed by atoms with Crippen LogP contribution in [0.5, 0.6) is 5.75 Å². The van der Waals surface area contributed by atoms with Crippen LogP contribution in [0.25, 0.3) is 10.9 Å². The smallest absolute Gasteiger partial charge is 0.312 e. The highest BCUT2D eigenvalue weighted by Crippen LogP contribution is 2.79. The van der Waals surface area contributed by atoms with Gasteiger partial charge in [-0.05, 0) is 49.1 Å². The zero-order chi connectivity index (χ0) is 17.0. The molecule has 4 fully saturated rings. The predicted molar refractivity (Wildman–Crippen MR) is 89.7 cm³/mol. The van der Waals surface area contributed by atoms with Gasteiger partial charge in [-0.3, -0.25) is 9.78 Å². The van der Waals surface area contributed by atoms with Crippen molar-refractivity contribution in [1.29, 1.82) is 5.26 Å². The fraction of sp³-hybridized carbons (Fsp3) is 0.450. The monoisotopic (exact) mass is 334 g/mol. The number of carbonyl (C=O) groups excluding carboxylic acids is 1. The van der Waals surface area contributed by atoms with E-state index in [0.717, 1.165) is 23.2 Å². The van der Waals surface area contributed by atoms with Crippen molar-refractivity contribution in [3.05, 3.63) is 36.0 Å². The second kappa shape index (κ2) is 5.19. The number of hydrogen-bond acceptors (Lipinski definition) is 5. The maximum atomic E-state index is 12.5. The molecular weight excluding hydrogens is 316 g/mol. The van der Waals surface area contributed by atoms with Crippen LogP contribution >= 0.6 is 0 Å². The van der Waals surface area contributed by atoms with Crippen LogP contribution in [0.1, 0.15) is 24.8 Å². The third-order valence-electron chi connectivity index (χ3n) is 6.29. The molecule has 5 heteroatoms. The second-order valence-corrected chi connectivity index (χ2v) is 7.41. The maximum Gasteiger partial charge on any atom is 0.312 e. The molecule has 6 rings (SSSR count). The molecule has 4 aliphatic carbocycles. The van der Waals surface area contributed by atoms with E-state index in [1.165, 1.54) is 19.0 Å². The second-order valence-electron chi connectivity index (χ2n) is 7.41. The Morgan fingerprint density at radius 1 is 1.28 bits per heavy atom. The lowest BCUT2D eigenvalue weighted by atomic mass is 10.1. The number of ether oxygens (including phenoxy) is 2. The van der Waals surface area contributed by atoms with Crippen molar-refractivity contribution in [3.63, 3.8) is 0 Å². The Morgan fingerprint density at radius 3 is 2.80 bits per heavy atom. The lowest BCUT2D eigenvalue weighted by Gasteiger charge is -2.13. The fourth-order valence-electron chi connectivity index (χ4n) is 5.26. The molecule has 0 radical (unpaired) electrons. The molecule has 4 saturated carbocycles. The van der Waals surface area contributed by atoms with Crippen LogP contribution in [-0.4, -0.2) is 24.2 Å². The van der Waals surface area contributed by atoms with Gasteiger partial charge in [0.05, 0.1) is 10.9 Å². The van der Waals surface area contributed by atoms with Crippen molar-refractivity contribution in [2.45, 2.75) is 19.3 Å². The summed E-state index contributed by atoms with van der Waals surface area (Å²) in [6.07, 6.45) is 4.97. The van der Waals surface area contributed by atoms with Gasteiger partial charge in [0.25, 0.3) is 0 Å². The number of carbonyl (C=O) groups is 1. The number of rotatable bonds is 5. The number of pyridine rings is 1. The van der Waals surface area contributed by atoms with Crippen molar-refractivity contribution in [1.82, 2.24) is 4.98 Å². The van der Waals surface area contributed by atoms with E-state index in [-0.39, 0.29) is 24.6 Å². The predicted octanol–water partition coefficient (Wildman–Crippen LogP) is 3.07. The molecule has 1 heterocycles. The van der Waals surface area contributed by atoms with Gasteiger partial charge in [-0.25, -0.2) is 0 Å². The molecule has 25 heavy (non-hydrogen) atoms. The molecule has 5 nitrogen and oxygen atoms in total. The number of esters is 1. The van der Waals surface area contributed by atoms with Crippen LogP contribution in [0.2, 0.25) is 0 Å². The first-order valence-electron chi connectivity index (χ1n) is 8.82. The number of hydrogen-bond donors (Lipinski definition) is 0. The molecule has 0 spiro atoms. The SMILES string of the molecule is N#Cc1cnc2ccccc2c1OCCOC(=O)C12CC3CC1C2C3. The summed E-state index contributed by atoms with van der Waals surface area (Å²) in [6.45, 7) is 0.454. The van der Waals surface area contributed by atoms with Crippen molar-refractivity contribution < 1.29 is 14.3 Å². The highest BCUT2D eigenvalue weighted by atomic mass is 16.6. The van der Waals surface area contributed by atoms with Crippen LogP contribution in [0.3, 0.4) is 0 Å². The van der Waals surface area contributed by atoms with Gasteiger partial charge in [0, 0.05) is 11.6 Å². The fourth-order valence-corrected chi connectivity index (χ4v) is 5.26. The molecule has 4 aliphatic rings. The zero-order valence-corrected chi connectivity index (χ0v) is 13.8. The van der Waals surface area contributed by atoms with Gasteiger partial charge in [0.1, 0.15) is 30.6 Å². The van der Waals surface area contributed by atoms with E-state index in [2.05, 4.69) is 11.1 Å². The molecular formula is C20H18N2O3. The van der Waals surface area contributed by atoms with E-state index in [9.17, 15) is 10.1 Å². The van der Waals surface area contributed by atoms with Crippen LogP contribution in [-0.2, 0) is 9.53 Å². The van der Waals surface area contributed by atoms with Crippen molar-refractivity contribution in [2.24, 2.45) is 23.2 Å². The first-order chi connectivity index (χ1) is 12.2. The van der Waals surface area contributed by atoms with Gasteiger partial charge in [-0.1, -0.05) is 12.1 Å². The highest BCUT2D eigenvalue weighted by molar-refractivity contribution is 5.87. The summed E-state index contributed by atoms with van der Waals surface area (Å²) in [5, 5.41) is 10.1. The average molecular weight is 334 g/mol. The van der Waals surface area contributed by atoms with Crippen molar-refractivity contribution >= 4 is 16.9 Å². The minimum atomic E-state index is -0.147. The quantitative estimate of drug-likeness (QED) is 0.621. The minimum absolute atomic E-state index is 0.0359. The topological polar surface area (TPSA) is 72.2 Å². The standard InChI is InChI=1S/C20H18N2O3/c21-10-13-11-22-17-4-2-1-3-14(17)18(13)24-5-6-25-19(23)20-9-12-7-15(20)16(20)8-12/h1-4,11-12,15-16H,5-9H2. The molecule has 2 atom stereocenters. The molecule has 1 aromatic heterocycles. The maximum absolute atomic E-state index is 12.5. The zero-order valence-electron chi connectivity index (χ0n) is 13.8. The number of aromatic nitrogens is 1. The Bertz CT molecular complexity index is 905. The molecule has 0 amide bonds. The number of nitrogens with zero attached hydrogens (tertiary/aromatic N) is 2. The van der Waals surface area contributed by atoms with E-state index < -0.39 is 0 Å². The summed E-state index contributed by atoms with van der Waals surface area (Å²) in [5.41, 5.74) is 1.02. The minimum Gasteiger partial charge on any atom is -0.488 e. The number of fused-ring (bicyclic) bond motifs is 1. The summed E-state index contributed by atoms with van der Waals surface area (Å²) in [7, 11) is 0. The molecule has 0 N–H and O–H groups in total. The summed E-state index contributed by atoms with van der Waals surface area (Å²) >= 11 is 0. The van der Waals surface area contributed by atoms with E-state index in [4.69, 9.17) is 9.47 Å². The first-order valence-corrected chi connectivity index (χ1v) is 8.82. The van der Waals surface area contributed by atoms with Gasteiger partial charge < -0.3 is 9.47 Å². The van der Waals surface area contributed by atoms with E-state index in [1.54, 1.807) is 0 Å². The van der Waals surface area contributed by atoms with Crippen LogP contribution in [0, 0.1) is 34.5 Å². The summed E-state index contributed by atoms with van der Waals surface area (Å²) in [5.74, 6) is 2.39. The molecule has 4 bridgehead atoms. The third kappa shape index (κ3) is 2.00.